The van der Waals surface area contributed by atoms with E-state index in [1.165, 1.54) is 6.08 Å². The Morgan fingerprint density at radius 2 is 1.83 bits per heavy atom. The van der Waals surface area contributed by atoms with Gasteiger partial charge >= 0.3 is 0 Å². The van der Waals surface area contributed by atoms with E-state index in [2.05, 4.69) is 19.9 Å². The molecule has 1 aliphatic rings. The zero-order chi connectivity index (χ0) is 17.6. The van der Waals surface area contributed by atoms with E-state index in [1.54, 1.807) is 0 Å². The minimum atomic E-state index is -0.445. The van der Waals surface area contributed by atoms with Crippen LogP contribution in [-0.4, -0.2) is 11.7 Å². The lowest BCUT2D eigenvalue weighted by Crippen LogP contribution is -2.24. The van der Waals surface area contributed by atoms with Gasteiger partial charge in [0.05, 0.1) is 0 Å². The summed E-state index contributed by atoms with van der Waals surface area (Å²) in [6.45, 7) is 10.1. The molecule has 0 spiro atoms. The van der Waals surface area contributed by atoms with Gasteiger partial charge < -0.3 is 5.73 Å². The zero-order valence-corrected chi connectivity index (χ0v) is 14.8. The van der Waals surface area contributed by atoms with Crippen molar-refractivity contribution in [2.75, 3.05) is 0 Å². The second kappa shape index (κ2) is 7.91. The minimum Gasteiger partial charge on any atom is -0.366 e. The summed E-state index contributed by atoms with van der Waals surface area (Å²) in [5.74, 6) is -0.197. The summed E-state index contributed by atoms with van der Waals surface area (Å²) in [7, 11) is 0. The van der Waals surface area contributed by atoms with Gasteiger partial charge in [-0.15, -0.1) is 0 Å². The van der Waals surface area contributed by atoms with Gasteiger partial charge in [0.25, 0.3) is 0 Å². The minimum absolute atomic E-state index is 0.0332. The predicted molar refractivity (Wildman–Crippen MR) is 95.7 cm³/mol. The van der Waals surface area contributed by atoms with Crippen molar-refractivity contribution in [2.45, 2.75) is 47.5 Å². The molecule has 124 valence electrons. The summed E-state index contributed by atoms with van der Waals surface area (Å²) in [4.78, 5) is 22.7. The van der Waals surface area contributed by atoms with Crippen LogP contribution in [0.25, 0.3) is 0 Å². The summed E-state index contributed by atoms with van der Waals surface area (Å²) in [5, 5.41) is 0. The molecule has 0 aromatic rings. The fourth-order valence-electron chi connectivity index (χ4n) is 2.65. The number of primary amides is 1. The molecule has 0 aliphatic heterocycles. The summed E-state index contributed by atoms with van der Waals surface area (Å²) in [6, 6.07) is 0. The summed E-state index contributed by atoms with van der Waals surface area (Å²) >= 11 is 0. The number of rotatable bonds is 5. The van der Waals surface area contributed by atoms with E-state index in [1.807, 2.05) is 45.1 Å². The van der Waals surface area contributed by atoms with E-state index in [-0.39, 0.29) is 11.2 Å². The van der Waals surface area contributed by atoms with Gasteiger partial charge in [-0.25, -0.2) is 0 Å². The van der Waals surface area contributed by atoms with Crippen LogP contribution in [0.3, 0.4) is 0 Å². The number of Topliss-reactive ketones (excluding diaryl/α,β-unsaturated/α-hetero) is 1. The van der Waals surface area contributed by atoms with Crippen molar-refractivity contribution < 1.29 is 9.59 Å². The van der Waals surface area contributed by atoms with E-state index < -0.39 is 5.91 Å². The first-order valence-electron chi connectivity index (χ1n) is 7.89. The lowest BCUT2D eigenvalue weighted by atomic mass is 9.72. The summed E-state index contributed by atoms with van der Waals surface area (Å²) in [5.41, 5.74) is 9.01. The van der Waals surface area contributed by atoms with Crippen LogP contribution in [0.5, 0.6) is 0 Å². The van der Waals surface area contributed by atoms with Crippen molar-refractivity contribution in [1.82, 2.24) is 0 Å². The molecule has 3 nitrogen and oxygen atoms in total. The van der Waals surface area contributed by atoms with Crippen LogP contribution in [0, 0.1) is 5.41 Å². The lowest BCUT2D eigenvalue weighted by Gasteiger charge is -2.32. The van der Waals surface area contributed by atoms with Crippen LogP contribution in [0.1, 0.15) is 47.5 Å². The Bertz CT molecular complexity index is 641. The maximum absolute atomic E-state index is 11.9. The highest BCUT2D eigenvalue weighted by Crippen LogP contribution is 2.39. The maximum atomic E-state index is 11.9. The number of carbonyl (C=O) groups is 2. The van der Waals surface area contributed by atoms with Gasteiger partial charge in [-0.2, -0.15) is 0 Å². The first kappa shape index (κ1) is 18.9. The number of amides is 1. The first-order valence-corrected chi connectivity index (χ1v) is 7.89. The Hall–Kier alpha value is -2.16. The Kier molecular flexibility index (Phi) is 6.49. The Balaban J connectivity index is 2.89. The molecule has 3 heteroatoms. The molecule has 0 aromatic heterocycles. The van der Waals surface area contributed by atoms with Crippen LogP contribution in [0.15, 0.2) is 58.7 Å². The third-order valence-corrected chi connectivity index (χ3v) is 4.13. The molecule has 1 amide bonds. The number of hydrogen-bond donors (Lipinski definition) is 1. The fraction of sp³-hybridized carbons (Fsp3) is 0.400. The Labute approximate surface area is 139 Å². The first-order chi connectivity index (χ1) is 10.6. The molecule has 0 heterocycles. The Morgan fingerprint density at radius 1 is 1.17 bits per heavy atom. The van der Waals surface area contributed by atoms with Gasteiger partial charge in [0.2, 0.25) is 5.91 Å². The average Bonchev–Trinajstić information content (AvgIpc) is 2.42. The lowest BCUT2D eigenvalue weighted by molar-refractivity contribution is -0.116. The third kappa shape index (κ3) is 5.85. The van der Waals surface area contributed by atoms with E-state index in [0.29, 0.717) is 6.42 Å². The van der Waals surface area contributed by atoms with Crippen molar-refractivity contribution in [3.8, 4) is 0 Å². The number of allylic oxidation sites excluding steroid dienone is 9. The molecular formula is C20H27NO2. The molecule has 23 heavy (non-hydrogen) atoms. The van der Waals surface area contributed by atoms with Crippen LogP contribution >= 0.6 is 0 Å². The average molecular weight is 313 g/mol. The molecule has 0 fully saturated rings. The van der Waals surface area contributed by atoms with E-state index >= 15 is 0 Å². The van der Waals surface area contributed by atoms with E-state index in [4.69, 9.17) is 5.73 Å². The SMILES string of the molecule is CC1=C(\C=C/C(C)=C/C=C\C(C)=C/C(N)=O)C(C)(C)CCC1=O. The standard InChI is InChI=1S/C20H27NO2/c1-14(7-6-8-15(2)13-19(21)23)9-10-17-16(3)18(22)11-12-20(17,4)5/h6-10,13H,11-12H2,1-5H3,(H2,21,23)/b8-6-,10-9-,14-7+,15-13-. The zero-order valence-electron chi connectivity index (χ0n) is 14.8. The maximum Gasteiger partial charge on any atom is 0.241 e. The van der Waals surface area contributed by atoms with Gasteiger partial charge in [-0.05, 0) is 49.3 Å². The molecule has 0 bridgehead atoms. The van der Waals surface area contributed by atoms with E-state index in [0.717, 1.165) is 28.7 Å². The number of nitrogens with two attached hydrogens (primary N) is 1. The Morgan fingerprint density at radius 3 is 2.43 bits per heavy atom. The van der Waals surface area contributed by atoms with Crippen LogP contribution in [0.2, 0.25) is 0 Å². The van der Waals surface area contributed by atoms with Crippen molar-refractivity contribution in [3.63, 3.8) is 0 Å². The monoisotopic (exact) mass is 313 g/mol. The largest absolute Gasteiger partial charge is 0.366 e. The van der Waals surface area contributed by atoms with Crippen LogP contribution < -0.4 is 5.73 Å². The second-order valence-electron chi connectivity index (χ2n) is 6.74. The fourth-order valence-corrected chi connectivity index (χ4v) is 2.65. The van der Waals surface area contributed by atoms with Crippen molar-refractivity contribution in [3.05, 3.63) is 58.7 Å². The molecule has 0 unspecified atom stereocenters. The van der Waals surface area contributed by atoms with Gasteiger partial charge in [0.1, 0.15) is 0 Å². The van der Waals surface area contributed by atoms with Crippen LogP contribution in [0.4, 0.5) is 0 Å². The topological polar surface area (TPSA) is 60.2 Å². The highest BCUT2D eigenvalue weighted by molar-refractivity contribution is 5.97. The predicted octanol–water partition coefficient (Wildman–Crippen LogP) is 4.18. The molecule has 1 rings (SSSR count). The smallest absolute Gasteiger partial charge is 0.241 e. The molecule has 0 radical (unpaired) electrons. The molecule has 0 saturated heterocycles. The molecule has 0 saturated carbocycles. The van der Waals surface area contributed by atoms with Gasteiger partial charge in [0, 0.05) is 12.5 Å². The number of hydrogen-bond acceptors (Lipinski definition) is 2. The van der Waals surface area contributed by atoms with Gasteiger partial charge in [0.15, 0.2) is 5.78 Å². The highest BCUT2D eigenvalue weighted by Gasteiger charge is 2.30. The second-order valence-corrected chi connectivity index (χ2v) is 6.74. The summed E-state index contributed by atoms with van der Waals surface area (Å²) in [6.07, 6.45) is 12.7. The highest BCUT2D eigenvalue weighted by atomic mass is 16.1. The summed E-state index contributed by atoms with van der Waals surface area (Å²) < 4.78 is 0. The molecule has 2 N–H and O–H groups in total. The normalized spacial score (nSPS) is 20.0. The quantitative estimate of drug-likeness (QED) is 0.611. The van der Waals surface area contributed by atoms with Crippen molar-refractivity contribution >= 4 is 11.7 Å². The third-order valence-electron chi connectivity index (χ3n) is 4.13. The molecule has 1 aliphatic carbocycles. The van der Waals surface area contributed by atoms with Gasteiger partial charge in [-0.3, -0.25) is 9.59 Å². The number of ketones is 1. The van der Waals surface area contributed by atoms with Crippen molar-refractivity contribution in [2.24, 2.45) is 11.1 Å². The van der Waals surface area contributed by atoms with Gasteiger partial charge in [-0.1, -0.05) is 49.8 Å². The molecule has 0 aromatic carbocycles. The molecule has 0 atom stereocenters. The van der Waals surface area contributed by atoms with Crippen molar-refractivity contribution in [1.29, 1.82) is 0 Å². The van der Waals surface area contributed by atoms with Crippen LogP contribution in [-0.2, 0) is 9.59 Å². The number of carbonyl (C=O) groups excluding carboxylic acids is 2. The van der Waals surface area contributed by atoms with E-state index in [9.17, 15) is 9.59 Å². The molecular weight excluding hydrogens is 286 g/mol.